The number of carbonyl (C=O) groups excluding carboxylic acids is 1. The molecular weight excluding hydrogens is 379 g/mol. The van der Waals surface area contributed by atoms with Crippen molar-refractivity contribution in [3.05, 3.63) is 41.5 Å². The smallest absolute Gasteiger partial charge is 0.421 e. The number of ether oxygens (including phenoxy) is 2. The third-order valence-electron chi connectivity index (χ3n) is 4.05. The van der Waals surface area contributed by atoms with Gasteiger partial charge in [0.05, 0.1) is 13.2 Å². The Morgan fingerprint density at radius 2 is 2.00 bits per heavy atom. The van der Waals surface area contributed by atoms with E-state index >= 15 is 0 Å². The van der Waals surface area contributed by atoms with E-state index in [1.807, 2.05) is 0 Å². The molecule has 3 N–H and O–H groups in total. The van der Waals surface area contributed by atoms with Crippen molar-refractivity contribution in [2.24, 2.45) is 0 Å². The summed E-state index contributed by atoms with van der Waals surface area (Å²) in [6, 6.07) is 6.55. The molecule has 28 heavy (non-hydrogen) atoms. The lowest BCUT2D eigenvalue weighted by atomic mass is 10.2. The standard InChI is InChI=1S/C18H20F3N3O4/c19-18(20,21)15(5-7-22)17(23)28-14-6-8-24(9-14)16(26)11-27-13-3-1-12(10-25)2-4-13/h1-5,7,14,22-23,25H,6,8-11H2/b15-5+,22-7?,23-17?/t14-/m0/s1. The van der Waals surface area contributed by atoms with Crippen LogP contribution in [-0.2, 0) is 16.1 Å². The van der Waals surface area contributed by atoms with Crippen LogP contribution in [0.2, 0.25) is 0 Å². The Hall–Kier alpha value is -2.88. The molecule has 2 rings (SSSR count). The number of allylic oxidation sites excluding steroid dienone is 1. The second kappa shape index (κ2) is 9.36. The van der Waals surface area contributed by atoms with Gasteiger partial charge < -0.3 is 24.9 Å². The zero-order valence-electron chi connectivity index (χ0n) is 14.8. The van der Waals surface area contributed by atoms with Crippen molar-refractivity contribution >= 4 is 18.0 Å². The number of aliphatic hydroxyl groups excluding tert-OH is 1. The van der Waals surface area contributed by atoms with Crippen molar-refractivity contribution < 1.29 is 32.5 Å². The van der Waals surface area contributed by atoms with E-state index in [0.29, 0.717) is 23.6 Å². The number of nitrogens with zero attached hydrogens (tertiary/aromatic N) is 1. The molecule has 7 nitrogen and oxygen atoms in total. The number of amides is 1. The van der Waals surface area contributed by atoms with Gasteiger partial charge in [0.25, 0.3) is 5.91 Å². The summed E-state index contributed by atoms with van der Waals surface area (Å²) in [6.45, 7) is -0.0262. The maximum absolute atomic E-state index is 12.9. The first-order valence-electron chi connectivity index (χ1n) is 8.38. The molecule has 0 aromatic heterocycles. The fourth-order valence-electron chi connectivity index (χ4n) is 2.59. The van der Waals surface area contributed by atoms with Gasteiger partial charge in [-0.1, -0.05) is 12.1 Å². The van der Waals surface area contributed by atoms with Crippen LogP contribution in [0.3, 0.4) is 0 Å². The molecule has 1 atom stereocenters. The van der Waals surface area contributed by atoms with Gasteiger partial charge in [-0.15, -0.1) is 0 Å². The topological polar surface area (TPSA) is 107 Å². The maximum Gasteiger partial charge on any atom is 0.421 e. The fourth-order valence-corrected chi connectivity index (χ4v) is 2.59. The van der Waals surface area contributed by atoms with Gasteiger partial charge in [0.15, 0.2) is 6.61 Å². The molecule has 1 aromatic carbocycles. The second-order valence-electron chi connectivity index (χ2n) is 6.03. The Morgan fingerprint density at radius 3 is 2.57 bits per heavy atom. The highest BCUT2D eigenvalue weighted by Crippen LogP contribution is 2.27. The first-order chi connectivity index (χ1) is 13.2. The first-order valence-corrected chi connectivity index (χ1v) is 8.38. The average molecular weight is 399 g/mol. The highest BCUT2D eigenvalue weighted by molar-refractivity contribution is 5.96. The highest BCUT2D eigenvalue weighted by Gasteiger charge is 2.39. The van der Waals surface area contributed by atoms with Crippen molar-refractivity contribution in [1.29, 1.82) is 10.8 Å². The summed E-state index contributed by atoms with van der Waals surface area (Å²) in [4.78, 5) is 13.6. The van der Waals surface area contributed by atoms with Crippen LogP contribution in [0.15, 0.2) is 35.9 Å². The van der Waals surface area contributed by atoms with Crippen LogP contribution >= 0.6 is 0 Å². The van der Waals surface area contributed by atoms with Crippen molar-refractivity contribution in [3.8, 4) is 5.75 Å². The van der Waals surface area contributed by atoms with Crippen LogP contribution in [0, 0.1) is 10.8 Å². The quantitative estimate of drug-likeness (QED) is 0.483. The zero-order chi connectivity index (χ0) is 20.7. The molecule has 1 aliphatic rings. The predicted octanol–water partition coefficient (Wildman–Crippen LogP) is 2.29. The predicted molar refractivity (Wildman–Crippen MR) is 94.6 cm³/mol. The van der Waals surface area contributed by atoms with Gasteiger partial charge in [-0.2, -0.15) is 13.2 Å². The molecule has 152 valence electrons. The lowest BCUT2D eigenvalue weighted by molar-refractivity contribution is -0.132. The molecule has 0 radical (unpaired) electrons. The molecule has 0 aliphatic carbocycles. The van der Waals surface area contributed by atoms with E-state index < -0.39 is 23.8 Å². The third kappa shape index (κ3) is 5.81. The Bertz CT molecular complexity index is 747. The van der Waals surface area contributed by atoms with E-state index in [-0.39, 0.29) is 38.6 Å². The number of carbonyl (C=O) groups is 1. The number of aliphatic hydroxyl groups is 1. The van der Waals surface area contributed by atoms with E-state index in [4.69, 9.17) is 25.4 Å². The van der Waals surface area contributed by atoms with E-state index in [1.165, 1.54) is 4.90 Å². The number of rotatable bonds is 7. The molecule has 0 saturated carbocycles. The van der Waals surface area contributed by atoms with Crippen LogP contribution in [0.1, 0.15) is 12.0 Å². The number of likely N-dealkylation sites (tertiary alicyclic amines) is 1. The molecule has 1 aromatic rings. The largest absolute Gasteiger partial charge is 0.484 e. The number of nitrogens with one attached hydrogen (secondary N) is 2. The number of hydrogen-bond donors (Lipinski definition) is 3. The Morgan fingerprint density at radius 1 is 1.32 bits per heavy atom. The summed E-state index contributed by atoms with van der Waals surface area (Å²) in [5.41, 5.74) is -0.641. The SMILES string of the molecule is N=C/C=C(\C(=N)O[C@H]1CCN(C(=O)COc2ccc(CO)cc2)C1)C(F)(F)F. The van der Waals surface area contributed by atoms with E-state index in [9.17, 15) is 18.0 Å². The van der Waals surface area contributed by atoms with Crippen molar-refractivity contribution in [1.82, 2.24) is 4.90 Å². The molecule has 1 amide bonds. The molecular formula is C18H20F3N3O4. The van der Waals surface area contributed by atoms with E-state index in [0.717, 1.165) is 0 Å². The minimum Gasteiger partial charge on any atom is -0.484 e. The molecule has 0 bridgehead atoms. The number of alkyl halides is 3. The van der Waals surface area contributed by atoms with Gasteiger partial charge in [0.2, 0.25) is 5.90 Å². The Kier molecular flexibility index (Phi) is 7.16. The minimum atomic E-state index is -4.80. The third-order valence-corrected chi connectivity index (χ3v) is 4.05. The maximum atomic E-state index is 12.9. The molecule has 10 heteroatoms. The number of halogens is 3. The molecule has 0 spiro atoms. The Balaban J connectivity index is 1.85. The van der Waals surface area contributed by atoms with Crippen molar-refractivity contribution in [3.63, 3.8) is 0 Å². The second-order valence-corrected chi connectivity index (χ2v) is 6.03. The lowest BCUT2D eigenvalue weighted by Crippen LogP contribution is -2.35. The number of hydrogen-bond acceptors (Lipinski definition) is 6. The summed E-state index contributed by atoms with van der Waals surface area (Å²) in [5.74, 6) is -0.976. The highest BCUT2D eigenvalue weighted by atomic mass is 19.4. The summed E-state index contributed by atoms with van der Waals surface area (Å²) in [5, 5.41) is 23.3. The van der Waals surface area contributed by atoms with Crippen LogP contribution < -0.4 is 4.74 Å². The summed E-state index contributed by atoms with van der Waals surface area (Å²) in [7, 11) is 0. The van der Waals surface area contributed by atoms with Crippen molar-refractivity contribution in [2.75, 3.05) is 19.7 Å². The zero-order valence-corrected chi connectivity index (χ0v) is 14.8. The molecule has 1 heterocycles. The summed E-state index contributed by atoms with van der Waals surface area (Å²) >= 11 is 0. The van der Waals surface area contributed by atoms with E-state index in [1.54, 1.807) is 24.3 Å². The van der Waals surface area contributed by atoms with Gasteiger partial charge in [0.1, 0.15) is 17.4 Å². The normalized spacial score (nSPS) is 17.4. The van der Waals surface area contributed by atoms with Gasteiger partial charge in [-0.3, -0.25) is 10.2 Å². The lowest BCUT2D eigenvalue weighted by Gasteiger charge is -2.19. The molecule has 1 saturated heterocycles. The van der Waals surface area contributed by atoms with Crippen LogP contribution in [0.5, 0.6) is 5.75 Å². The summed E-state index contributed by atoms with van der Waals surface area (Å²) < 4.78 is 49.0. The Labute approximate surface area is 159 Å². The van der Waals surface area contributed by atoms with Gasteiger partial charge in [-0.25, -0.2) is 0 Å². The molecule has 1 aliphatic heterocycles. The monoisotopic (exact) mass is 399 g/mol. The van der Waals surface area contributed by atoms with Crippen LogP contribution in [-0.4, -0.2) is 60.0 Å². The summed E-state index contributed by atoms with van der Waals surface area (Å²) in [6.07, 6.45) is -4.36. The molecule has 0 unspecified atom stereocenters. The minimum absolute atomic E-state index is 0.0454. The van der Waals surface area contributed by atoms with Gasteiger partial charge in [0, 0.05) is 19.2 Å². The van der Waals surface area contributed by atoms with Crippen LogP contribution in [0.25, 0.3) is 0 Å². The van der Waals surface area contributed by atoms with Crippen LogP contribution in [0.4, 0.5) is 13.2 Å². The number of benzene rings is 1. The van der Waals surface area contributed by atoms with E-state index in [2.05, 4.69) is 0 Å². The van der Waals surface area contributed by atoms with Gasteiger partial charge >= 0.3 is 6.18 Å². The molecule has 1 fully saturated rings. The fraction of sp³-hybridized carbons (Fsp3) is 0.389. The first kappa shape index (κ1) is 21.4. The van der Waals surface area contributed by atoms with Gasteiger partial charge in [-0.05, 0) is 23.8 Å². The average Bonchev–Trinajstić information content (AvgIpc) is 3.12. The van der Waals surface area contributed by atoms with Crippen molar-refractivity contribution in [2.45, 2.75) is 25.3 Å².